The fourth-order valence-corrected chi connectivity index (χ4v) is 6.65. The summed E-state index contributed by atoms with van der Waals surface area (Å²) in [7, 11) is 0. The highest BCUT2D eigenvalue weighted by Gasteiger charge is 2.16. The molecule has 0 aliphatic heterocycles. The number of fused-ring (bicyclic) bond motifs is 5. The van der Waals surface area contributed by atoms with E-state index in [1.165, 1.54) is 43.8 Å². The number of para-hydroxylation sites is 2. The molecule has 0 atom stereocenters. The Bertz CT molecular complexity index is 2530. The largest absolute Gasteiger partial charge is 0.456 e. The van der Waals surface area contributed by atoms with E-state index in [9.17, 15) is 0 Å². The van der Waals surface area contributed by atoms with E-state index in [1.807, 2.05) is 12.1 Å². The second-order valence-electron chi connectivity index (χ2n) is 11.8. The molecule has 46 heavy (non-hydrogen) atoms. The minimum atomic E-state index is 0.896. The van der Waals surface area contributed by atoms with E-state index in [2.05, 4.69) is 169 Å². The quantitative estimate of drug-likeness (QED) is 0.199. The average Bonchev–Trinajstić information content (AvgIpc) is 3.50. The summed E-state index contributed by atoms with van der Waals surface area (Å²) in [6, 6.07) is 62.9. The van der Waals surface area contributed by atoms with Crippen molar-refractivity contribution in [1.82, 2.24) is 0 Å². The van der Waals surface area contributed by atoms with Crippen LogP contribution in [0, 0.1) is 0 Å². The molecule has 1 aromatic heterocycles. The van der Waals surface area contributed by atoms with Gasteiger partial charge in [0.2, 0.25) is 0 Å². The van der Waals surface area contributed by atoms with Crippen molar-refractivity contribution < 1.29 is 4.42 Å². The molecule has 0 unspecified atom stereocenters. The average molecular weight is 588 g/mol. The first-order chi connectivity index (χ1) is 22.8. The second kappa shape index (κ2) is 10.8. The van der Waals surface area contributed by atoms with E-state index in [1.54, 1.807) is 0 Å². The van der Waals surface area contributed by atoms with E-state index < -0.39 is 0 Å². The topological polar surface area (TPSA) is 16.4 Å². The van der Waals surface area contributed by atoms with Crippen LogP contribution in [-0.2, 0) is 0 Å². The number of hydrogen-bond acceptors (Lipinski definition) is 2. The number of benzene rings is 8. The van der Waals surface area contributed by atoms with Crippen LogP contribution in [0.15, 0.2) is 180 Å². The molecule has 9 aromatic rings. The van der Waals surface area contributed by atoms with Crippen molar-refractivity contribution in [3.05, 3.63) is 176 Å². The molecule has 2 heteroatoms. The van der Waals surface area contributed by atoms with Crippen LogP contribution in [0.4, 0.5) is 17.1 Å². The van der Waals surface area contributed by atoms with Crippen LogP contribution < -0.4 is 4.90 Å². The number of rotatable bonds is 5. The molecule has 9 rings (SSSR count). The molecule has 0 radical (unpaired) electrons. The Hall–Kier alpha value is -6.12. The van der Waals surface area contributed by atoms with Gasteiger partial charge in [-0.05, 0) is 104 Å². The molecule has 0 aliphatic rings. The SMILES string of the molecule is c1ccc(N(c2ccc3ccc(-c4ccc(-c5ccc6ccccc6c5)cc4)cc3c2)c2ccc3oc4ccccc4c3c2)cc1. The van der Waals surface area contributed by atoms with Gasteiger partial charge in [-0.15, -0.1) is 0 Å². The van der Waals surface area contributed by atoms with E-state index in [4.69, 9.17) is 4.42 Å². The second-order valence-corrected chi connectivity index (χ2v) is 11.8. The summed E-state index contributed by atoms with van der Waals surface area (Å²) in [5.41, 5.74) is 9.96. The zero-order chi connectivity index (χ0) is 30.5. The molecule has 0 saturated carbocycles. The van der Waals surface area contributed by atoms with Gasteiger partial charge in [0.25, 0.3) is 0 Å². The van der Waals surface area contributed by atoms with Crippen molar-refractivity contribution in [2.45, 2.75) is 0 Å². The predicted octanol–water partition coefficient (Wildman–Crippen LogP) is 12.7. The summed E-state index contributed by atoms with van der Waals surface area (Å²) < 4.78 is 6.14. The van der Waals surface area contributed by atoms with Crippen molar-refractivity contribution in [2.75, 3.05) is 4.90 Å². The maximum absolute atomic E-state index is 6.14. The Morgan fingerprint density at radius 3 is 1.63 bits per heavy atom. The van der Waals surface area contributed by atoms with Gasteiger partial charge in [0, 0.05) is 27.8 Å². The van der Waals surface area contributed by atoms with Gasteiger partial charge in [-0.25, -0.2) is 0 Å². The summed E-state index contributed by atoms with van der Waals surface area (Å²) in [4.78, 5) is 2.33. The van der Waals surface area contributed by atoms with Crippen LogP contribution in [0.5, 0.6) is 0 Å². The minimum Gasteiger partial charge on any atom is -0.456 e. The monoisotopic (exact) mass is 587 g/mol. The molecule has 1 heterocycles. The molecule has 0 N–H and O–H groups in total. The highest BCUT2D eigenvalue weighted by atomic mass is 16.3. The van der Waals surface area contributed by atoms with Gasteiger partial charge in [-0.1, -0.05) is 115 Å². The zero-order valence-electron chi connectivity index (χ0n) is 25.1. The Morgan fingerprint density at radius 1 is 0.304 bits per heavy atom. The lowest BCUT2D eigenvalue weighted by Gasteiger charge is -2.26. The first kappa shape index (κ1) is 26.3. The van der Waals surface area contributed by atoms with E-state index in [0.717, 1.165) is 39.0 Å². The fraction of sp³-hybridized carbons (Fsp3) is 0. The standard InChI is InChI=1S/C44H29NO/c1-2-10-38(11-3-1)45(40-24-25-44-42(29-40)41-12-6-7-13-43(41)46-44)39-23-22-33-19-21-36(27-37(33)28-39)32-16-14-31(15-17-32)35-20-18-30-8-4-5-9-34(30)26-35/h1-29H. The zero-order valence-corrected chi connectivity index (χ0v) is 25.1. The summed E-state index contributed by atoms with van der Waals surface area (Å²) >= 11 is 0. The first-order valence-electron chi connectivity index (χ1n) is 15.7. The minimum absolute atomic E-state index is 0.896. The van der Waals surface area contributed by atoms with Gasteiger partial charge in [0.05, 0.1) is 0 Å². The molecular formula is C44H29NO. The smallest absolute Gasteiger partial charge is 0.135 e. The van der Waals surface area contributed by atoms with Crippen molar-refractivity contribution in [3.8, 4) is 22.3 Å². The number of nitrogens with zero attached hydrogens (tertiary/aromatic N) is 1. The third-order valence-electron chi connectivity index (χ3n) is 9.02. The first-order valence-corrected chi connectivity index (χ1v) is 15.7. The third-order valence-corrected chi connectivity index (χ3v) is 9.02. The van der Waals surface area contributed by atoms with Crippen molar-refractivity contribution in [2.24, 2.45) is 0 Å². The van der Waals surface area contributed by atoms with Gasteiger partial charge in [-0.2, -0.15) is 0 Å². The number of anilines is 3. The lowest BCUT2D eigenvalue weighted by molar-refractivity contribution is 0.669. The number of hydrogen-bond donors (Lipinski definition) is 0. The van der Waals surface area contributed by atoms with E-state index in [-0.39, 0.29) is 0 Å². The van der Waals surface area contributed by atoms with E-state index >= 15 is 0 Å². The van der Waals surface area contributed by atoms with E-state index in [0.29, 0.717) is 0 Å². The van der Waals surface area contributed by atoms with Crippen LogP contribution in [0.25, 0.3) is 65.7 Å². The maximum Gasteiger partial charge on any atom is 0.135 e. The lowest BCUT2D eigenvalue weighted by Crippen LogP contribution is -2.09. The normalized spacial score (nSPS) is 11.5. The predicted molar refractivity (Wildman–Crippen MR) is 194 cm³/mol. The summed E-state index contributed by atoms with van der Waals surface area (Å²) in [6.45, 7) is 0. The maximum atomic E-state index is 6.14. The molecule has 0 aliphatic carbocycles. The van der Waals surface area contributed by atoms with Gasteiger partial charge < -0.3 is 9.32 Å². The van der Waals surface area contributed by atoms with Crippen molar-refractivity contribution >= 4 is 60.5 Å². The van der Waals surface area contributed by atoms with Crippen LogP contribution >= 0.6 is 0 Å². The van der Waals surface area contributed by atoms with Gasteiger partial charge in [0.1, 0.15) is 11.2 Å². The van der Waals surface area contributed by atoms with Crippen LogP contribution in [0.2, 0.25) is 0 Å². The Kier molecular flexibility index (Phi) is 6.17. The molecule has 0 fully saturated rings. The number of furan rings is 1. The van der Waals surface area contributed by atoms with Gasteiger partial charge >= 0.3 is 0 Å². The van der Waals surface area contributed by atoms with Gasteiger partial charge in [-0.3, -0.25) is 0 Å². The van der Waals surface area contributed by atoms with Crippen LogP contribution in [0.3, 0.4) is 0 Å². The Labute approximate surface area is 267 Å². The molecule has 216 valence electrons. The van der Waals surface area contributed by atoms with Crippen molar-refractivity contribution in [3.63, 3.8) is 0 Å². The lowest BCUT2D eigenvalue weighted by atomic mass is 9.97. The summed E-state index contributed by atoms with van der Waals surface area (Å²) in [5, 5.41) is 7.18. The van der Waals surface area contributed by atoms with Crippen LogP contribution in [0.1, 0.15) is 0 Å². The summed E-state index contributed by atoms with van der Waals surface area (Å²) in [5.74, 6) is 0. The van der Waals surface area contributed by atoms with Gasteiger partial charge in [0.15, 0.2) is 0 Å². The highest BCUT2D eigenvalue weighted by molar-refractivity contribution is 6.06. The molecule has 0 saturated heterocycles. The Morgan fingerprint density at radius 2 is 0.848 bits per heavy atom. The highest BCUT2D eigenvalue weighted by Crippen LogP contribution is 2.40. The molecular weight excluding hydrogens is 558 g/mol. The molecule has 0 bridgehead atoms. The molecule has 2 nitrogen and oxygen atoms in total. The summed E-state index contributed by atoms with van der Waals surface area (Å²) in [6.07, 6.45) is 0. The van der Waals surface area contributed by atoms with Crippen molar-refractivity contribution in [1.29, 1.82) is 0 Å². The fourth-order valence-electron chi connectivity index (χ4n) is 6.65. The molecule has 0 spiro atoms. The third kappa shape index (κ3) is 4.60. The van der Waals surface area contributed by atoms with Crippen LogP contribution in [-0.4, -0.2) is 0 Å². The molecule has 8 aromatic carbocycles. The Balaban J connectivity index is 1.11. The molecule has 0 amide bonds.